The smallest absolute Gasteiger partial charge is 0.263 e. The molecule has 1 saturated heterocycles. The predicted molar refractivity (Wildman–Crippen MR) is 103 cm³/mol. The molecule has 1 aliphatic rings. The van der Waals surface area contributed by atoms with Gasteiger partial charge in [-0.05, 0) is 12.1 Å². The van der Waals surface area contributed by atoms with Crippen molar-refractivity contribution < 1.29 is 10.2 Å². The van der Waals surface area contributed by atoms with Crippen LogP contribution in [0.3, 0.4) is 0 Å². The van der Waals surface area contributed by atoms with Crippen LogP contribution in [0.25, 0.3) is 10.9 Å². The third kappa shape index (κ3) is 3.95. The Morgan fingerprint density at radius 1 is 1.12 bits per heavy atom. The zero-order chi connectivity index (χ0) is 18.5. The van der Waals surface area contributed by atoms with Crippen molar-refractivity contribution in [1.29, 1.82) is 0 Å². The number of hydrogen-bond donors (Lipinski definition) is 2. The summed E-state index contributed by atoms with van der Waals surface area (Å²) in [6.07, 6.45) is 1.49. The summed E-state index contributed by atoms with van der Waals surface area (Å²) in [5, 5.41) is 20.1. The minimum absolute atomic E-state index is 0.00920. The maximum atomic E-state index is 12.5. The maximum Gasteiger partial charge on any atom is 0.263 e. The van der Waals surface area contributed by atoms with Crippen LogP contribution >= 0.6 is 0 Å². The fourth-order valence-electron chi connectivity index (χ4n) is 3.35. The molecule has 140 valence electrons. The van der Waals surface area contributed by atoms with Gasteiger partial charge >= 0.3 is 0 Å². The number of benzene rings is 1. The van der Waals surface area contributed by atoms with Gasteiger partial charge in [0, 0.05) is 57.9 Å². The second-order valence-electron chi connectivity index (χ2n) is 6.59. The number of β-amino-alcohol motifs (C(OH)–C–C–N with tert-alkyl or cyclic N) is 1. The largest absolute Gasteiger partial charge is 0.506 e. The number of aryl methyl sites for hydroxylation is 1. The van der Waals surface area contributed by atoms with Gasteiger partial charge < -0.3 is 14.8 Å². The third-order valence-electron chi connectivity index (χ3n) is 4.96. The van der Waals surface area contributed by atoms with Crippen LogP contribution in [-0.4, -0.2) is 83.2 Å². The fourth-order valence-corrected chi connectivity index (χ4v) is 3.35. The van der Waals surface area contributed by atoms with Crippen molar-refractivity contribution in [1.82, 2.24) is 14.4 Å². The number of aromatic nitrogens is 1. The van der Waals surface area contributed by atoms with Gasteiger partial charge in [0.05, 0.1) is 18.7 Å². The molecule has 3 rings (SSSR count). The summed E-state index contributed by atoms with van der Waals surface area (Å²) in [4.78, 5) is 21.4. The van der Waals surface area contributed by atoms with Crippen molar-refractivity contribution in [2.75, 3.05) is 52.4 Å². The topological polar surface area (TPSA) is 81.3 Å². The number of para-hydroxylation sites is 1. The Bertz CT molecular complexity index is 839. The Kier molecular flexibility index (Phi) is 6.03. The summed E-state index contributed by atoms with van der Waals surface area (Å²) in [6.45, 7) is 6.15. The standard InChI is InChI=1S/C19H26N4O3/c1-21-17-5-3-2-4-15(17)18(25)16(19(21)26)14-20-6-7-22-8-10-23(11-9-22)12-13-24/h2-5,14,24-25H,6-13H2,1H3. The van der Waals surface area contributed by atoms with Crippen LogP contribution in [0.1, 0.15) is 5.56 Å². The van der Waals surface area contributed by atoms with Gasteiger partial charge in [-0.25, -0.2) is 0 Å². The molecule has 0 saturated carbocycles. The lowest BCUT2D eigenvalue weighted by atomic mass is 10.1. The van der Waals surface area contributed by atoms with Gasteiger partial charge in [0.15, 0.2) is 0 Å². The van der Waals surface area contributed by atoms with Crippen LogP contribution in [0.5, 0.6) is 5.75 Å². The number of aliphatic hydroxyl groups excluding tert-OH is 1. The molecule has 7 nitrogen and oxygen atoms in total. The Balaban J connectivity index is 1.64. The van der Waals surface area contributed by atoms with Gasteiger partial charge in [-0.2, -0.15) is 0 Å². The molecule has 1 aliphatic heterocycles. The molecule has 0 aliphatic carbocycles. The molecule has 7 heteroatoms. The molecular formula is C19H26N4O3. The molecule has 2 aromatic rings. The maximum absolute atomic E-state index is 12.5. The summed E-state index contributed by atoms with van der Waals surface area (Å²) < 4.78 is 1.54. The summed E-state index contributed by atoms with van der Waals surface area (Å²) in [5.41, 5.74) is 0.689. The first kappa shape index (κ1) is 18.6. The highest BCUT2D eigenvalue weighted by Gasteiger charge is 2.16. The number of pyridine rings is 1. The highest BCUT2D eigenvalue weighted by atomic mass is 16.3. The normalized spacial score (nSPS) is 16.7. The molecule has 0 spiro atoms. The number of aliphatic imine (C=N–C) groups is 1. The molecule has 0 radical (unpaired) electrons. The van der Waals surface area contributed by atoms with E-state index < -0.39 is 0 Å². The minimum Gasteiger partial charge on any atom is -0.506 e. The zero-order valence-electron chi connectivity index (χ0n) is 15.1. The first-order chi connectivity index (χ1) is 12.6. The summed E-state index contributed by atoms with van der Waals surface area (Å²) in [7, 11) is 1.70. The average Bonchev–Trinajstić information content (AvgIpc) is 2.67. The number of piperazine rings is 1. The number of aromatic hydroxyl groups is 1. The van der Waals surface area contributed by atoms with Gasteiger partial charge in [-0.15, -0.1) is 0 Å². The van der Waals surface area contributed by atoms with Crippen molar-refractivity contribution >= 4 is 17.1 Å². The van der Waals surface area contributed by atoms with Crippen LogP contribution in [-0.2, 0) is 7.05 Å². The van der Waals surface area contributed by atoms with E-state index in [1.807, 2.05) is 18.2 Å². The van der Waals surface area contributed by atoms with E-state index in [-0.39, 0.29) is 23.5 Å². The second-order valence-corrected chi connectivity index (χ2v) is 6.59. The first-order valence-corrected chi connectivity index (χ1v) is 8.98. The van der Waals surface area contributed by atoms with E-state index in [1.54, 1.807) is 13.1 Å². The fraction of sp³-hybridized carbons (Fsp3) is 0.474. The van der Waals surface area contributed by atoms with Crippen LogP contribution in [0.2, 0.25) is 0 Å². The Labute approximate surface area is 152 Å². The summed E-state index contributed by atoms with van der Waals surface area (Å²) in [5.74, 6) is -0.00920. The molecular weight excluding hydrogens is 332 g/mol. The van der Waals surface area contributed by atoms with E-state index in [0.717, 1.165) is 39.3 Å². The highest BCUT2D eigenvalue weighted by molar-refractivity contribution is 5.94. The first-order valence-electron chi connectivity index (χ1n) is 8.98. The summed E-state index contributed by atoms with van der Waals surface area (Å²) >= 11 is 0. The van der Waals surface area contributed by atoms with Crippen molar-refractivity contribution in [3.63, 3.8) is 0 Å². The van der Waals surface area contributed by atoms with E-state index in [4.69, 9.17) is 5.11 Å². The lowest BCUT2D eigenvalue weighted by Gasteiger charge is -2.33. The van der Waals surface area contributed by atoms with Gasteiger partial charge in [-0.3, -0.25) is 19.6 Å². The van der Waals surface area contributed by atoms with Crippen molar-refractivity contribution in [3.05, 3.63) is 40.2 Å². The van der Waals surface area contributed by atoms with Crippen LogP contribution in [0.4, 0.5) is 0 Å². The number of rotatable bonds is 6. The highest BCUT2D eigenvalue weighted by Crippen LogP contribution is 2.24. The molecule has 1 fully saturated rings. The van der Waals surface area contributed by atoms with Crippen molar-refractivity contribution in [2.45, 2.75) is 0 Å². The zero-order valence-corrected chi connectivity index (χ0v) is 15.1. The van der Waals surface area contributed by atoms with E-state index in [9.17, 15) is 9.90 Å². The summed E-state index contributed by atoms with van der Waals surface area (Å²) in [6, 6.07) is 7.29. The average molecular weight is 358 g/mol. The molecule has 2 N–H and O–H groups in total. The molecule has 0 amide bonds. The van der Waals surface area contributed by atoms with Crippen LogP contribution in [0, 0.1) is 0 Å². The molecule has 26 heavy (non-hydrogen) atoms. The van der Waals surface area contributed by atoms with E-state index in [2.05, 4.69) is 14.8 Å². The van der Waals surface area contributed by atoms with E-state index in [1.165, 1.54) is 10.8 Å². The third-order valence-corrected chi connectivity index (χ3v) is 4.96. The molecule has 0 atom stereocenters. The number of nitrogens with zero attached hydrogens (tertiary/aromatic N) is 4. The number of fused-ring (bicyclic) bond motifs is 1. The SMILES string of the molecule is Cn1c(=O)c(C=NCCN2CCN(CCO)CC2)c(O)c2ccccc21. The monoisotopic (exact) mass is 358 g/mol. The Hall–Kier alpha value is -2.22. The van der Waals surface area contributed by atoms with Gasteiger partial charge in [0.25, 0.3) is 5.56 Å². The van der Waals surface area contributed by atoms with Gasteiger partial charge in [-0.1, -0.05) is 12.1 Å². The molecule has 2 heterocycles. The van der Waals surface area contributed by atoms with Gasteiger partial charge in [0.2, 0.25) is 0 Å². The molecule has 1 aromatic carbocycles. The Morgan fingerprint density at radius 3 is 2.46 bits per heavy atom. The second kappa shape index (κ2) is 8.44. The molecule has 1 aromatic heterocycles. The van der Waals surface area contributed by atoms with Crippen molar-refractivity contribution in [3.8, 4) is 5.75 Å². The number of hydrogen-bond acceptors (Lipinski definition) is 6. The molecule has 0 bridgehead atoms. The minimum atomic E-state index is -0.248. The number of aliphatic hydroxyl groups is 1. The lowest BCUT2D eigenvalue weighted by Crippen LogP contribution is -2.47. The Morgan fingerprint density at radius 2 is 1.77 bits per heavy atom. The van der Waals surface area contributed by atoms with Crippen LogP contribution < -0.4 is 5.56 Å². The van der Waals surface area contributed by atoms with Crippen molar-refractivity contribution in [2.24, 2.45) is 12.0 Å². The predicted octanol–water partition coefficient (Wildman–Crippen LogP) is 0.273. The van der Waals surface area contributed by atoms with E-state index >= 15 is 0 Å². The van der Waals surface area contributed by atoms with Crippen LogP contribution in [0.15, 0.2) is 34.1 Å². The molecule has 0 unspecified atom stereocenters. The lowest BCUT2D eigenvalue weighted by molar-refractivity contribution is 0.115. The quantitative estimate of drug-likeness (QED) is 0.725. The van der Waals surface area contributed by atoms with E-state index in [0.29, 0.717) is 17.4 Å². The van der Waals surface area contributed by atoms with Gasteiger partial charge in [0.1, 0.15) is 11.3 Å².